The summed E-state index contributed by atoms with van der Waals surface area (Å²) in [6.07, 6.45) is 1.56. The summed E-state index contributed by atoms with van der Waals surface area (Å²) in [6.45, 7) is 0. The van der Waals surface area contributed by atoms with Gasteiger partial charge in [0.1, 0.15) is 0 Å². The summed E-state index contributed by atoms with van der Waals surface area (Å²) >= 11 is 12.0. The first-order valence-corrected chi connectivity index (χ1v) is 7.77. The van der Waals surface area contributed by atoms with Crippen LogP contribution in [-0.4, -0.2) is 26.3 Å². The molecule has 0 aliphatic carbocycles. The lowest BCUT2D eigenvalue weighted by atomic mass is 10.1. The molecule has 24 heavy (non-hydrogen) atoms. The molecule has 0 saturated carbocycles. The number of rotatable bonds is 6. The molecule has 0 aromatic heterocycles. The number of amides is 1. The van der Waals surface area contributed by atoms with Crippen molar-refractivity contribution in [3.8, 4) is 11.5 Å². The molecule has 0 atom stereocenters. The number of hydrazone groups is 1. The number of benzene rings is 2. The Balaban J connectivity index is 2.00. The fourth-order valence-corrected chi connectivity index (χ4v) is 2.51. The molecule has 0 saturated heterocycles. The summed E-state index contributed by atoms with van der Waals surface area (Å²) in [5.41, 5.74) is 3.76. The molecular formula is C17H16Cl2N2O3. The second kappa shape index (κ2) is 8.57. The number of nitrogens with one attached hydrogen (secondary N) is 1. The van der Waals surface area contributed by atoms with Crippen LogP contribution in [0.2, 0.25) is 10.0 Å². The molecule has 7 heteroatoms. The molecule has 0 heterocycles. The van der Waals surface area contributed by atoms with Crippen LogP contribution in [0.4, 0.5) is 0 Å². The number of halogens is 2. The lowest BCUT2D eigenvalue weighted by molar-refractivity contribution is -0.120. The molecule has 0 aliphatic heterocycles. The third kappa shape index (κ3) is 4.63. The molecular weight excluding hydrogens is 351 g/mol. The maximum Gasteiger partial charge on any atom is 0.244 e. The molecule has 126 valence electrons. The van der Waals surface area contributed by atoms with E-state index in [0.29, 0.717) is 27.1 Å². The third-order valence-electron chi connectivity index (χ3n) is 3.20. The Labute approximate surface area is 150 Å². The first kappa shape index (κ1) is 18.1. The van der Waals surface area contributed by atoms with Gasteiger partial charge >= 0.3 is 0 Å². The normalized spacial score (nSPS) is 10.7. The van der Waals surface area contributed by atoms with Gasteiger partial charge in [0.05, 0.1) is 36.9 Å². The average Bonchev–Trinajstić information content (AvgIpc) is 2.57. The lowest BCUT2D eigenvalue weighted by Gasteiger charge is -2.09. The van der Waals surface area contributed by atoms with Crippen molar-refractivity contribution >= 4 is 35.3 Å². The molecule has 1 N–H and O–H groups in total. The second-order valence-electron chi connectivity index (χ2n) is 4.79. The van der Waals surface area contributed by atoms with Gasteiger partial charge in [0, 0.05) is 5.56 Å². The fraction of sp³-hybridized carbons (Fsp3) is 0.176. The number of hydrogen-bond donors (Lipinski definition) is 1. The van der Waals surface area contributed by atoms with Gasteiger partial charge in [-0.05, 0) is 29.8 Å². The molecule has 0 fully saturated rings. The fourth-order valence-electron chi connectivity index (χ4n) is 2.02. The van der Waals surface area contributed by atoms with Crippen LogP contribution >= 0.6 is 23.2 Å². The van der Waals surface area contributed by atoms with Gasteiger partial charge in [-0.2, -0.15) is 5.10 Å². The van der Waals surface area contributed by atoms with Gasteiger partial charge in [-0.3, -0.25) is 4.79 Å². The van der Waals surface area contributed by atoms with Crippen molar-refractivity contribution in [2.45, 2.75) is 6.42 Å². The van der Waals surface area contributed by atoms with E-state index in [1.807, 2.05) is 0 Å². The molecule has 0 unspecified atom stereocenters. The molecule has 0 radical (unpaired) electrons. The predicted octanol–water partition coefficient (Wildman–Crippen LogP) is 3.70. The van der Waals surface area contributed by atoms with Crippen LogP contribution in [0.5, 0.6) is 11.5 Å². The van der Waals surface area contributed by atoms with Gasteiger partial charge in [0.25, 0.3) is 0 Å². The van der Waals surface area contributed by atoms with E-state index >= 15 is 0 Å². The molecule has 0 spiro atoms. The van der Waals surface area contributed by atoms with E-state index in [-0.39, 0.29) is 12.3 Å². The number of nitrogens with zero attached hydrogens (tertiary/aromatic N) is 1. The van der Waals surface area contributed by atoms with Gasteiger partial charge in [-0.1, -0.05) is 35.3 Å². The maximum absolute atomic E-state index is 12.0. The largest absolute Gasteiger partial charge is 0.493 e. The summed E-state index contributed by atoms with van der Waals surface area (Å²) in [6, 6.07) is 10.4. The second-order valence-corrected chi connectivity index (χ2v) is 5.61. The number of ether oxygens (including phenoxy) is 2. The van der Waals surface area contributed by atoms with Gasteiger partial charge in [-0.25, -0.2) is 5.43 Å². The van der Waals surface area contributed by atoms with Crippen molar-refractivity contribution in [3.05, 3.63) is 57.6 Å². The Kier molecular flexibility index (Phi) is 6.46. The topological polar surface area (TPSA) is 59.9 Å². The van der Waals surface area contributed by atoms with Gasteiger partial charge in [0.2, 0.25) is 5.91 Å². The molecule has 2 rings (SSSR count). The Morgan fingerprint density at radius 3 is 2.42 bits per heavy atom. The van der Waals surface area contributed by atoms with Crippen molar-refractivity contribution in [2.75, 3.05) is 14.2 Å². The average molecular weight is 367 g/mol. The van der Waals surface area contributed by atoms with E-state index in [2.05, 4.69) is 10.5 Å². The number of hydrogen-bond acceptors (Lipinski definition) is 4. The highest BCUT2D eigenvalue weighted by atomic mass is 35.5. The quantitative estimate of drug-likeness (QED) is 0.626. The molecule has 0 aliphatic rings. The van der Waals surface area contributed by atoms with Crippen molar-refractivity contribution in [1.82, 2.24) is 5.43 Å². The highest BCUT2D eigenvalue weighted by Crippen LogP contribution is 2.27. The van der Waals surface area contributed by atoms with Crippen LogP contribution in [0.3, 0.4) is 0 Å². The molecule has 5 nitrogen and oxygen atoms in total. The standard InChI is InChI=1S/C17H16Cl2N2O3/c1-23-15-7-6-11(8-16(15)24-2)9-17(22)21-20-10-12-13(18)4-3-5-14(12)19/h3-8,10H,9H2,1-2H3,(H,21,22)/b20-10-. The van der Waals surface area contributed by atoms with Crippen LogP contribution < -0.4 is 14.9 Å². The first-order valence-electron chi connectivity index (χ1n) is 7.02. The van der Waals surface area contributed by atoms with E-state index in [0.717, 1.165) is 5.56 Å². The Hall–Kier alpha value is -2.24. The number of methoxy groups -OCH3 is 2. The first-order chi connectivity index (χ1) is 11.5. The highest BCUT2D eigenvalue weighted by molar-refractivity contribution is 6.38. The van der Waals surface area contributed by atoms with E-state index < -0.39 is 0 Å². The van der Waals surface area contributed by atoms with E-state index in [4.69, 9.17) is 32.7 Å². The van der Waals surface area contributed by atoms with Crippen LogP contribution in [0, 0.1) is 0 Å². The summed E-state index contributed by atoms with van der Waals surface area (Å²) < 4.78 is 10.4. The Bertz CT molecular complexity index is 743. The highest BCUT2D eigenvalue weighted by Gasteiger charge is 2.08. The molecule has 1 amide bonds. The van der Waals surface area contributed by atoms with E-state index in [1.165, 1.54) is 6.21 Å². The van der Waals surface area contributed by atoms with Crippen molar-refractivity contribution in [1.29, 1.82) is 0 Å². The van der Waals surface area contributed by atoms with Crippen LogP contribution in [0.15, 0.2) is 41.5 Å². The van der Waals surface area contributed by atoms with E-state index in [1.54, 1.807) is 50.6 Å². The molecule has 2 aromatic carbocycles. The minimum Gasteiger partial charge on any atom is -0.493 e. The lowest BCUT2D eigenvalue weighted by Crippen LogP contribution is -2.19. The minimum atomic E-state index is -0.276. The Morgan fingerprint density at radius 2 is 1.79 bits per heavy atom. The van der Waals surface area contributed by atoms with Crippen LogP contribution in [0.25, 0.3) is 0 Å². The zero-order chi connectivity index (χ0) is 17.5. The number of carbonyl (C=O) groups excluding carboxylic acids is 1. The smallest absolute Gasteiger partial charge is 0.244 e. The van der Waals surface area contributed by atoms with Crippen LogP contribution in [-0.2, 0) is 11.2 Å². The molecule has 2 aromatic rings. The van der Waals surface area contributed by atoms with Crippen LogP contribution in [0.1, 0.15) is 11.1 Å². The zero-order valence-electron chi connectivity index (χ0n) is 13.2. The van der Waals surface area contributed by atoms with Crippen molar-refractivity contribution < 1.29 is 14.3 Å². The van der Waals surface area contributed by atoms with Gasteiger partial charge in [-0.15, -0.1) is 0 Å². The molecule has 0 bridgehead atoms. The zero-order valence-corrected chi connectivity index (χ0v) is 14.7. The minimum absolute atomic E-state index is 0.147. The van der Waals surface area contributed by atoms with Crippen molar-refractivity contribution in [2.24, 2.45) is 5.10 Å². The van der Waals surface area contributed by atoms with Gasteiger partial charge in [0.15, 0.2) is 11.5 Å². The van der Waals surface area contributed by atoms with Crippen molar-refractivity contribution in [3.63, 3.8) is 0 Å². The summed E-state index contributed by atoms with van der Waals surface area (Å²) in [7, 11) is 3.10. The summed E-state index contributed by atoms with van der Waals surface area (Å²) in [5, 5.41) is 4.80. The van der Waals surface area contributed by atoms with Gasteiger partial charge < -0.3 is 9.47 Å². The Morgan fingerprint density at radius 1 is 1.12 bits per heavy atom. The third-order valence-corrected chi connectivity index (χ3v) is 3.85. The monoisotopic (exact) mass is 366 g/mol. The predicted molar refractivity (Wildman–Crippen MR) is 95.4 cm³/mol. The SMILES string of the molecule is COc1ccc(CC(=O)N/N=C\c2c(Cl)cccc2Cl)cc1OC. The maximum atomic E-state index is 12.0. The number of carbonyl (C=O) groups is 1. The summed E-state index contributed by atoms with van der Waals surface area (Å²) in [4.78, 5) is 12.0. The summed E-state index contributed by atoms with van der Waals surface area (Å²) in [5.74, 6) is 0.892. The van der Waals surface area contributed by atoms with E-state index in [9.17, 15) is 4.79 Å².